The Morgan fingerprint density at radius 2 is 1.93 bits per heavy atom. The fraction of sp³-hybridized carbons (Fsp3) is 0.111. The molecule has 0 fully saturated rings. The lowest BCUT2D eigenvalue weighted by Gasteiger charge is -2.12. The number of nitrogen functional groups attached to an aromatic ring is 1. The molecule has 5 heteroatoms. The first kappa shape index (κ1) is 10.2. The molecule has 0 aliphatic heterocycles. The van der Waals surface area contributed by atoms with Crippen molar-refractivity contribution < 1.29 is 9.59 Å². The molecule has 0 spiro atoms. The van der Waals surface area contributed by atoms with Gasteiger partial charge in [-0.2, -0.15) is 0 Å². The third-order valence-electron chi connectivity index (χ3n) is 1.72. The van der Waals surface area contributed by atoms with Gasteiger partial charge in [0.1, 0.15) is 0 Å². The lowest BCUT2D eigenvalue weighted by atomic mass is 10.2. The summed E-state index contributed by atoms with van der Waals surface area (Å²) in [7, 11) is 0. The van der Waals surface area contributed by atoms with Crippen molar-refractivity contribution in [2.24, 2.45) is 5.84 Å². The summed E-state index contributed by atoms with van der Waals surface area (Å²) in [6, 6.07) is 6.89. The van der Waals surface area contributed by atoms with Crippen LogP contribution in [-0.2, 0) is 16.1 Å². The van der Waals surface area contributed by atoms with Crippen LogP contribution in [0.25, 0.3) is 0 Å². The first-order valence-electron chi connectivity index (χ1n) is 3.99. The zero-order valence-corrected chi connectivity index (χ0v) is 7.51. The maximum atomic E-state index is 10.8. The highest BCUT2D eigenvalue weighted by molar-refractivity contribution is 6.23. The SMILES string of the molecule is Nc1ccc(CN(N)C(=O)C=O)cc1. The smallest absolute Gasteiger partial charge is 0.300 e. The summed E-state index contributed by atoms with van der Waals surface area (Å²) in [5, 5.41) is 0.846. The Morgan fingerprint density at radius 3 is 2.43 bits per heavy atom. The third kappa shape index (κ3) is 2.56. The Labute approximate surface area is 81.3 Å². The van der Waals surface area contributed by atoms with E-state index in [0.717, 1.165) is 10.6 Å². The minimum absolute atomic E-state index is 0.178. The van der Waals surface area contributed by atoms with Crippen LogP contribution in [-0.4, -0.2) is 17.2 Å². The maximum absolute atomic E-state index is 10.8. The summed E-state index contributed by atoms with van der Waals surface area (Å²) in [6.07, 6.45) is 0.178. The molecule has 74 valence electrons. The van der Waals surface area contributed by atoms with E-state index in [-0.39, 0.29) is 12.8 Å². The predicted octanol–water partition coefficient (Wildman–Crippen LogP) is -0.330. The number of hydrogen-bond donors (Lipinski definition) is 2. The van der Waals surface area contributed by atoms with Gasteiger partial charge in [0.15, 0.2) is 0 Å². The molecule has 0 bridgehead atoms. The van der Waals surface area contributed by atoms with E-state index in [1.165, 1.54) is 0 Å². The Hall–Kier alpha value is -1.88. The number of hydrogen-bond acceptors (Lipinski definition) is 4. The zero-order chi connectivity index (χ0) is 10.6. The van der Waals surface area contributed by atoms with E-state index >= 15 is 0 Å². The molecule has 1 amide bonds. The number of anilines is 1. The van der Waals surface area contributed by atoms with E-state index in [1.807, 2.05) is 0 Å². The largest absolute Gasteiger partial charge is 0.399 e. The molecule has 1 aromatic carbocycles. The van der Waals surface area contributed by atoms with E-state index in [9.17, 15) is 9.59 Å². The quantitative estimate of drug-likeness (QED) is 0.172. The fourth-order valence-corrected chi connectivity index (χ4v) is 0.965. The van der Waals surface area contributed by atoms with Crippen molar-refractivity contribution in [2.45, 2.75) is 6.54 Å². The molecular formula is C9H11N3O2. The highest BCUT2D eigenvalue weighted by Gasteiger charge is 2.07. The van der Waals surface area contributed by atoms with E-state index in [0.29, 0.717) is 5.69 Å². The average Bonchev–Trinajstić information content (AvgIpc) is 2.20. The van der Waals surface area contributed by atoms with Crippen molar-refractivity contribution >= 4 is 17.9 Å². The van der Waals surface area contributed by atoms with Crippen LogP contribution in [0.5, 0.6) is 0 Å². The van der Waals surface area contributed by atoms with Crippen molar-refractivity contribution in [1.29, 1.82) is 0 Å². The summed E-state index contributed by atoms with van der Waals surface area (Å²) < 4.78 is 0. The van der Waals surface area contributed by atoms with Crippen LogP contribution in [0.4, 0.5) is 5.69 Å². The number of hydrazine groups is 1. The van der Waals surface area contributed by atoms with Gasteiger partial charge in [-0.25, -0.2) is 5.84 Å². The molecule has 1 aromatic rings. The van der Waals surface area contributed by atoms with Crippen LogP contribution in [0.3, 0.4) is 0 Å². The molecule has 0 heterocycles. The Bertz CT molecular complexity index is 334. The second-order valence-electron chi connectivity index (χ2n) is 2.83. The van der Waals surface area contributed by atoms with Gasteiger partial charge >= 0.3 is 5.91 Å². The average molecular weight is 193 g/mol. The van der Waals surface area contributed by atoms with Gasteiger partial charge in [0, 0.05) is 5.69 Å². The molecule has 1 rings (SSSR count). The van der Waals surface area contributed by atoms with Gasteiger partial charge in [-0.3, -0.25) is 14.6 Å². The minimum Gasteiger partial charge on any atom is -0.399 e. The number of nitrogens with zero attached hydrogens (tertiary/aromatic N) is 1. The zero-order valence-electron chi connectivity index (χ0n) is 7.51. The Kier molecular flexibility index (Phi) is 3.19. The Morgan fingerprint density at radius 1 is 1.36 bits per heavy atom. The van der Waals surface area contributed by atoms with Crippen LogP contribution in [0, 0.1) is 0 Å². The first-order chi connectivity index (χ1) is 6.63. The van der Waals surface area contributed by atoms with Crippen LogP contribution in [0.15, 0.2) is 24.3 Å². The summed E-state index contributed by atoms with van der Waals surface area (Å²) in [5.74, 6) is 4.57. The molecule has 4 N–H and O–H groups in total. The lowest BCUT2D eigenvalue weighted by Crippen LogP contribution is -2.37. The molecular weight excluding hydrogens is 182 g/mol. The monoisotopic (exact) mass is 193 g/mol. The summed E-state index contributed by atoms with van der Waals surface area (Å²) in [6.45, 7) is 0.192. The van der Waals surface area contributed by atoms with Gasteiger partial charge in [-0.15, -0.1) is 0 Å². The molecule has 0 aliphatic rings. The van der Waals surface area contributed by atoms with Gasteiger partial charge < -0.3 is 5.73 Å². The number of carbonyl (C=O) groups is 2. The fourth-order valence-electron chi connectivity index (χ4n) is 0.965. The molecule has 0 aromatic heterocycles. The maximum Gasteiger partial charge on any atom is 0.300 e. The van der Waals surface area contributed by atoms with E-state index < -0.39 is 5.91 Å². The number of rotatable bonds is 3. The second kappa shape index (κ2) is 4.38. The van der Waals surface area contributed by atoms with E-state index in [1.54, 1.807) is 24.3 Å². The topological polar surface area (TPSA) is 89.4 Å². The van der Waals surface area contributed by atoms with E-state index in [4.69, 9.17) is 11.6 Å². The summed E-state index contributed by atoms with van der Waals surface area (Å²) >= 11 is 0. The van der Waals surface area contributed by atoms with Crippen molar-refractivity contribution in [3.05, 3.63) is 29.8 Å². The van der Waals surface area contributed by atoms with Gasteiger partial charge in [0.2, 0.25) is 6.29 Å². The summed E-state index contributed by atoms with van der Waals surface area (Å²) in [4.78, 5) is 20.9. The highest BCUT2D eigenvalue weighted by atomic mass is 16.2. The molecule has 14 heavy (non-hydrogen) atoms. The number of amides is 1. The minimum atomic E-state index is -0.748. The third-order valence-corrected chi connectivity index (χ3v) is 1.72. The van der Waals surface area contributed by atoms with Crippen molar-refractivity contribution in [3.8, 4) is 0 Å². The van der Waals surface area contributed by atoms with Crippen LogP contribution in [0.1, 0.15) is 5.56 Å². The molecule has 0 radical (unpaired) electrons. The number of benzene rings is 1. The standard InChI is InChI=1S/C9H11N3O2/c10-8-3-1-7(2-4-8)5-12(11)9(14)6-13/h1-4,6H,5,10-11H2. The number of nitrogens with two attached hydrogens (primary N) is 2. The van der Waals surface area contributed by atoms with Crippen LogP contribution < -0.4 is 11.6 Å². The first-order valence-corrected chi connectivity index (χ1v) is 3.99. The van der Waals surface area contributed by atoms with Crippen molar-refractivity contribution in [2.75, 3.05) is 5.73 Å². The Balaban J connectivity index is 2.64. The van der Waals surface area contributed by atoms with E-state index in [2.05, 4.69) is 0 Å². The molecule has 5 nitrogen and oxygen atoms in total. The molecule has 0 saturated carbocycles. The van der Waals surface area contributed by atoms with Crippen LogP contribution in [0.2, 0.25) is 0 Å². The predicted molar refractivity (Wildman–Crippen MR) is 51.7 cm³/mol. The van der Waals surface area contributed by atoms with Gasteiger partial charge in [-0.1, -0.05) is 12.1 Å². The van der Waals surface area contributed by atoms with Crippen molar-refractivity contribution in [1.82, 2.24) is 5.01 Å². The van der Waals surface area contributed by atoms with Gasteiger partial charge in [-0.05, 0) is 17.7 Å². The van der Waals surface area contributed by atoms with Gasteiger partial charge in [0.05, 0.1) is 6.54 Å². The second-order valence-corrected chi connectivity index (χ2v) is 2.83. The number of carbonyl (C=O) groups excluding carboxylic acids is 2. The van der Waals surface area contributed by atoms with Gasteiger partial charge in [0.25, 0.3) is 0 Å². The molecule has 0 aliphatic carbocycles. The number of aldehydes is 1. The normalized spacial score (nSPS) is 9.50. The van der Waals surface area contributed by atoms with Crippen LogP contribution >= 0.6 is 0 Å². The molecule has 0 saturated heterocycles. The highest BCUT2D eigenvalue weighted by Crippen LogP contribution is 2.06. The van der Waals surface area contributed by atoms with Crippen molar-refractivity contribution in [3.63, 3.8) is 0 Å². The molecule has 0 atom stereocenters. The lowest BCUT2D eigenvalue weighted by molar-refractivity contribution is -0.139. The summed E-state index contributed by atoms with van der Waals surface area (Å²) in [5.41, 5.74) is 6.93. The molecule has 0 unspecified atom stereocenters.